The molecule has 0 N–H and O–H groups in total. The highest BCUT2D eigenvalue weighted by molar-refractivity contribution is 6.09. The van der Waals surface area contributed by atoms with Gasteiger partial charge in [0.1, 0.15) is 11.4 Å². The van der Waals surface area contributed by atoms with E-state index in [1.807, 2.05) is 30.5 Å². The van der Waals surface area contributed by atoms with Crippen LogP contribution < -0.4 is 4.74 Å². The summed E-state index contributed by atoms with van der Waals surface area (Å²) in [6, 6.07) is 5.55. The number of carbonyl (C=O) groups excluding carboxylic acids is 1. The highest BCUT2D eigenvalue weighted by atomic mass is 16.5. The van der Waals surface area contributed by atoms with Crippen molar-refractivity contribution >= 4 is 5.78 Å². The van der Waals surface area contributed by atoms with Gasteiger partial charge in [-0.3, -0.25) is 4.79 Å². The fraction of sp³-hybridized carbons (Fsp3) is 0.286. The lowest BCUT2D eigenvalue weighted by atomic mass is 10.0. The van der Waals surface area contributed by atoms with Crippen molar-refractivity contribution in [3.05, 3.63) is 47.5 Å². The molecule has 1 aromatic carbocycles. The Hall–Kier alpha value is -2.10. The summed E-state index contributed by atoms with van der Waals surface area (Å²) in [4.78, 5) is 16.5. The molecule has 2 rings (SSSR count). The average molecular weight is 244 g/mol. The Morgan fingerprint density at radius 1 is 1.44 bits per heavy atom. The second kappa shape index (κ2) is 5.04. The SMILES string of the molecule is CCn1cnc(C(=O)c2cc(C)ccc2OC)c1. The third kappa shape index (κ3) is 2.27. The number of ether oxygens (including phenoxy) is 1. The minimum Gasteiger partial charge on any atom is -0.496 e. The number of ketones is 1. The molecule has 18 heavy (non-hydrogen) atoms. The molecule has 1 heterocycles. The summed E-state index contributed by atoms with van der Waals surface area (Å²) in [7, 11) is 1.56. The number of carbonyl (C=O) groups is 1. The first-order valence-electron chi connectivity index (χ1n) is 5.86. The molecular weight excluding hydrogens is 228 g/mol. The van der Waals surface area contributed by atoms with Crippen LogP contribution in [0.3, 0.4) is 0 Å². The van der Waals surface area contributed by atoms with Gasteiger partial charge < -0.3 is 9.30 Å². The van der Waals surface area contributed by atoms with Gasteiger partial charge >= 0.3 is 0 Å². The Bertz CT molecular complexity index is 573. The summed E-state index contributed by atoms with van der Waals surface area (Å²) in [5.74, 6) is 0.472. The number of rotatable bonds is 4. The monoisotopic (exact) mass is 244 g/mol. The number of aryl methyl sites for hydroxylation is 2. The van der Waals surface area contributed by atoms with Crippen molar-refractivity contribution in [3.8, 4) is 5.75 Å². The molecule has 0 amide bonds. The van der Waals surface area contributed by atoms with Crippen molar-refractivity contribution in [2.75, 3.05) is 7.11 Å². The molecule has 0 aliphatic rings. The maximum Gasteiger partial charge on any atom is 0.216 e. The quantitative estimate of drug-likeness (QED) is 0.776. The first-order chi connectivity index (χ1) is 8.65. The molecule has 0 atom stereocenters. The fourth-order valence-corrected chi connectivity index (χ4v) is 1.79. The topological polar surface area (TPSA) is 44.1 Å². The van der Waals surface area contributed by atoms with E-state index in [9.17, 15) is 4.79 Å². The standard InChI is InChI=1S/C14H16N2O2/c1-4-16-8-12(15-9-16)14(17)11-7-10(2)5-6-13(11)18-3/h5-9H,4H2,1-3H3. The highest BCUT2D eigenvalue weighted by Gasteiger charge is 2.16. The maximum atomic E-state index is 12.4. The fourth-order valence-electron chi connectivity index (χ4n) is 1.79. The molecule has 4 nitrogen and oxygen atoms in total. The molecule has 0 aliphatic heterocycles. The predicted molar refractivity (Wildman–Crippen MR) is 69.1 cm³/mol. The van der Waals surface area contributed by atoms with Crippen LogP contribution in [0.4, 0.5) is 0 Å². The smallest absolute Gasteiger partial charge is 0.216 e. The Kier molecular flexibility index (Phi) is 3.46. The molecule has 0 spiro atoms. The Morgan fingerprint density at radius 2 is 2.22 bits per heavy atom. The van der Waals surface area contributed by atoms with Crippen molar-refractivity contribution in [1.29, 1.82) is 0 Å². The minimum absolute atomic E-state index is 0.109. The largest absolute Gasteiger partial charge is 0.496 e. The number of imidazole rings is 1. The molecule has 1 aromatic heterocycles. The van der Waals surface area contributed by atoms with Gasteiger partial charge in [-0.25, -0.2) is 4.98 Å². The second-order valence-corrected chi connectivity index (χ2v) is 4.12. The zero-order valence-corrected chi connectivity index (χ0v) is 10.8. The molecular formula is C14H16N2O2. The molecule has 2 aromatic rings. The summed E-state index contributed by atoms with van der Waals surface area (Å²) < 4.78 is 7.09. The molecule has 0 saturated carbocycles. The van der Waals surface area contributed by atoms with E-state index in [1.54, 1.807) is 25.7 Å². The van der Waals surface area contributed by atoms with E-state index in [0.29, 0.717) is 17.0 Å². The van der Waals surface area contributed by atoms with E-state index >= 15 is 0 Å². The van der Waals surface area contributed by atoms with Crippen molar-refractivity contribution in [2.24, 2.45) is 0 Å². The first-order valence-corrected chi connectivity index (χ1v) is 5.86. The van der Waals surface area contributed by atoms with Crippen LogP contribution in [0, 0.1) is 6.92 Å². The van der Waals surface area contributed by atoms with Gasteiger partial charge in [0.05, 0.1) is 19.0 Å². The number of aromatic nitrogens is 2. The van der Waals surface area contributed by atoms with Crippen molar-refractivity contribution in [1.82, 2.24) is 9.55 Å². The van der Waals surface area contributed by atoms with Crippen LogP contribution >= 0.6 is 0 Å². The lowest BCUT2D eigenvalue weighted by molar-refractivity contribution is 0.103. The Balaban J connectivity index is 2.41. The molecule has 4 heteroatoms. The molecule has 0 radical (unpaired) electrons. The van der Waals surface area contributed by atoms with Crippen LogP contribution in [0.5, 0.6) is 5.75 Å². The van der Waals surface area contributed by atoms with Gasteiger partial charge in [0.15, 0.2) is 0 Å². The summed E-state index contributed by atoms with van der Waals surface area (Å²) in [6.45, 7) is 4.75. The van der Waals surface area contributed by atoms with Crippen LogP contribution in [0.25, 0.3) is 0 Å². The molecule has 0 fully saturated rings. The van der Waals surface area contributed by atoms with E-state index in [2.05, 4.69) is 4.98 Å². The summed E-state index contributed by atoms with van der Waals surface area (Å²) in [6.07, 6.45) is 3.42. The van der Waals surface area contributed by atoms with Gasteiger partial charge in [0.2, 0.25) is 5.78 Å². The van der Waals surface area contributed by atoms with Gasteiger partial charge in [0.25, 0.3) is 0 Å². The third-order valence-electron chi connectivity index (χ3n) is 2.83. The zero-order valence-electron chi connectivity index (χ0n) is 10.8. The lowest BCUT2D eigenvalue weighted by Crippen LogP contribution is -2.05. The van der Waals surface area contributed by atoms with E-state index in [-0.39, 0.29) is 5.78 Å². The predicted octanol–water partition coefficient (Wildman–Crippen LogP) is 2.45. The van der Waals surface area contributed by atoms with Gasteiger partial charge in [-0.15, -0.1) is 0 Å². The van der Waals surface area contributed by atoms with Gasteiger partial charge in [0, 0.05) is 12.7 Å². The van der Waals surface area contributed by atoms with E-state index < -0.39 is 0 Å². The molecule has 0 aliphatic carbocycles. The van der Waals surface area contributed by atoms with Crippen LogP contribution in [0.15, 0.2) is 30.7 Å². The van der Waals surface area contributed by atoms with Crippen LogP contribution in [0.1, 0.15) is 28.5 Å². The zero-order chi connectivity index (χ0) is 13.1. The lowest BCUT2D eigenvalue weighted by Gasteiger charge is -2.07. The molecule has 0 bridgehead atoms. The van der Waals surface area contributed by atoms with Crippen molar-refractivity contribution < 1.29 is 9.53 Å². The maximum absolute atomic E-state index is 12.4. The average Bonchev–Trinajstić information content (AvgIpc) is 2.86. The van der Waals surface area contributed by atoms with Crippen LogP contribution in [-0.4, -0.2) is 22.4 Å². The van der Waals surface area contributed by atoms with Crippen molar-refractivity contribution in [2.45, 2.75) is 20.4 Å². The highest BCUT2D eigenvalue weighted by Crippen LogP contribution is 2.22. The molecule has 0 unspecified atom stereocenters. The summed E-state index contributed by atoms with van der Waals surface area (Å²) >= 11 is 0. The summed E-state index contributed by atoms with van der Waals surface area (Å²) in [5, 5.41) is 0. The Labute approximate surface area is 106 Å². The summed E-state index contributed by atoms with van der Waals surface area (Å²) in [5.41, 5.74) is 2.02. The van der Waals surface area contributed by atoms with Crippen molar-refractivity contribution in [3.63, 3.8) is 0 Å². The van der Waals surface area contributed by atoms with E-state index in [1.165, 1.54) is 0 Å². The number of hydrogen-bond donors (Lipinski definition) is 0. The Morgan fingerprint density at radius 3 is 2.83 bits per heavy atom. The normalized spacial score (nSPS) is 10.4. The van der Waals surface area contributed by atoms with Crippen LogP contribution in [-0.2, 0) is 6.54 Å². The van der Waals surface area contributed by atoms with Gasteiger partial charge in [-0.05, 0) is 26.0 Å². The second-order valence-electron chi connectivity index (χ2n) is 4.12. The number of benzene rings is 1. The van der Waals surface area contributed by atoms with Gasteiger partial charge in [-0.2, -0.15) is 0 Å². The number of methoxy groups -OCH3 is 1. The van der Waals surface area contributed by atoms with Gasteiger partial charge in [-0.1, -0.05) is 11.6 Å². The van der Waals surface area contributed by atoms with E-state index in [4.69, 9.17) is 4.74 Å². The minimum atomic E-state index is -0.109. The first kappa shape index (κ1) is 12.4. The number of nitrogens with zero attached hydrogens (tertiary/aromatic N) is 2. The third-order valence-corrected chi connectivity index (χ3v) is 2.83. The van der Waals surface area contributed by atoms with E-state index in [0.717, 1.165) is 12.1 Å². The number of hydrogen-bond acceptors (Lipinski definition) is 3. The molecule has 94 valence electrons. The van der Waals surface area contributed by atoms with Crippen LogP contribution in [0.2, 0.25) is 0 Å². The molecule has 0 saturated heterocycles.